The first-order chi connectivity index (χ1) is 10.0. The molecule has 9 heteroatoms. The van der Waals surface area contributed by atoms with E-state index in [9.17, 15) is 8.42 Å². The predicted octanol–water partition coefficient (Wildman–Crippen LogP) is 2.02. The van der Waals surface area contributed by atoms with Gasteiger partial charge in [-0.1, -0.05) is 6.07 Å². The van der Waals surface area contributed by atoms with Gasteiger partial charge < -0.3 is 0 Å². The lowest BCUT2D eigenvalue weighted by Crippen LogP contribution is -2.13. The molecule has 0 saturated heterocycles. The molecule has 2 aromatic heterocycles. The average Bonchev–Trinajstić information content (AvgIpc) is 3.05. The van der Waals surface area contributed by atoms with Gasteiger partial charge in [-0.05, 0) is 26.0 Å². The molecule has 3 aromatic rings. The van der Waals surface area contributed by atoms with Crippen molar-refractivity contribution in [3.05, 3.63) is 30.1 Å². The number of fused-ring (bicyclic) bond motifs is 1. The Morgan fingerprint density at radius 1 is 1.33 bits per heavy atom. The fourth-order valence-corrected chi connectivity index (χ4v) is 3.85. The Balaban J connectivity index is 2.04. The van der Waals surface area contributed by atoms with Crippen molar-refractivity contribution in [1.29, 1.82) is 0 Å². The molecule has 0 spiro atoms. The van der Waals surface area contributed by atoms with Gasteiger partial charge in [-0.3, -0.25) is 9.40 Å². The summed E-state index contributed by atoms with van der Waals surface area (Å²) in [6.45, 7) is 4.37. The molecule has 0 aliphatic heterocycles. The highest BCUT2D eigenvalue weighted by atomic mass is 32.2. The second kappa shape index (κ2) is 5.08. The number of rotatable bonds is 4. The highest BCUT2D eigenvalue weighted by Crippen LogP contribution is 2.24. The van der Waals surface area contributed by atoms with Crippen LogP contribution in [0.5, 0.6) is 0 Å². The van der Waals surface area contributed by atoms with Crippen LogP contribution in [0.2, 0.25) is 0 Å². The summed E-state index contributed by atoms with van der Waals surface area (Å²) in [4.78, 5) is 0.123. The first-order valence-corrected chi connectivity index (χ1v) is 8.51. The standard InChI is InChI=1S/C12H13N5O2S2/c1-3-17-7-10(8(2)13-17)16-21(18,19)11-6-4-5-9-12(11)15-20-14-9/h4-7,16H,3H2,1-2H3. The number of hydrogen-bond acceptors (Lipinski definition) is 6. The van der Waals surface area contributed by atoms with Gasteiger partial charge in [0.15, 0.2) is 0 Å². The van der Waals surface area contributed by atoms with E-state index in [-0.39, 0.29) is 4.90 Å². The minimum absolute atomic E-state index is 0.123. The van der Waals surface area contributed by atoms with Crippen LogP contribution < -0.4 is 4.72 Å². The molecule has 0 aliphatic rings. The largest absolute Gasteiger partial charge is 0.276 e. The maximum absolute atomic E-state index is 12.6. The Labute approximate surface area is 126 Å². The second-order valence-corrected chi connectivity index (χ2v) is 6.66. The van der Waals surface area contributed by atoms with Crippen molar-refractivity contribution in [1.82, 2.24) is 18.5 Å². The van der Waals surface area contributed by atoms with Gasteiger partial charge in [-0.2, -0.15) is 13.8 Å². The van der Waals surface area contributed by atoms with E-state index in [0.29, 0.717) is 29.0 Å². The molecule has 0 atom stereocenters. The first-order valence-electron chi connectivity index (χ1n) is 6.29. The average molecular weight is 323 g/mol. The van der Waals surface area contributed by atoms with Gasteiger partial charge in [0.25, 0.3) is 10.0 Å². The Morgan fingerprint density at radius 3 is 2.86 bits per heavy atom. The van der Waals surface area contributed by atoms with Crippen molar-refractivity contribution in [2.24, 2.45) is 0 Å². The van der Waals surface area contributed by atoms with Gasteiger partial charge in [0.05, 0.1) is 23.1 Å². The molecule has 0 radical (unpaired) electrons. The van der Waals surface area contributed by atoms with Crippen LogP contribution in [-0.4, -0.2) is 26.9 Å². The molecule has 21 heavy (non-hydrogen) atoms. The van der Waals surface area contributed by atoms with Gasteiger partial charge in [0, 0.05) is 12.7 Å². The third-order valence-electron chi connectivity index (χ3n) is 3.05. The van der Waals surface area contributed by atoms with E-state index in [4.69, 9.17) is 0 Å². The number of sulfonamides is 1. The molecule has 2 heterocycles. The summed E-state index contributed by atoms with van der Waals surface area (Å²) in [5.41, 5.74) is 2.06. The van der Waals surface area contributed by atoms with Crippen LogP contribution >= 0.6 is 11.7 Å². The molecule has 1 N–H and O–H groups in total. The van der Waals surface area contributed by atoms with Gasteiger partial charge >= 0.3 is 0 Å². The van der Waals surface area contributed by atoms with Crippen LogP contribution in [0.4, 0.5) is 5.69 Å². The molecule has 7 nitrogen and oxygen atoms in total. The number of anilines is 1. The zero-order valence-electron chi connectivity index (χ0n) is 11.4. The van der Waals surface area contributed by atoms with Crippen LogP contribution in [0.3, 0.4) is 0 Å². The Kier molecular flexibility index (Phi) is 3.38. The van der Waals surface area contributed by atoms with Crippen LogP contribution in [-0.2, 0) is 16.6 Å². The van der Waals surface area contributed by atoms with Crippen molar-refractivity contribution in [3.63, 3.8) is 0 Å². The Hall–Kier alpha value is -2.00. The Bertz CT molecular complexity index is 897. The zero-order chi connectivity index (χ0) is 15.0. The van der Waals surface area contributed by atoms with E-state index in [1.54, 1.807) is 29.9 Å². The maximum Gasteiger partial charge on any atom is 0.264 e. The fraction of sp³-hybridized carbons (Fsp3) is 0.250. The summed E-state index contributed by atoms with van der Waals surface area (Å²) >= 11 is 0.992. The normalized spacial score (nSPS) is 11.9. The molecule has 0 saturated carbocycles. The van der Waals surface area contributed by atoms with Crippen molar-refractivity contribution in [2.45, 2.75) is 25.3 Å². The summed E-state index contributed by atoms with van der Waals surface area (Å²) in [7, 11) is -3.73. The molecular weight excluding hydrogens is 310 g/mol. The van der Waals surface area contributed by atoms with Crippen LogP contribution in [0.1, 0.15) is 12.6 Å². The molecule has 1 aromatic carbocycles. The SMILES string of the molecule is CCn1cc(NS(=O)(=O)c2cccc3nsnc23)c(C)n1. The van der Waals surface area contributed by atoms with E-state index < -0.39 is 10.0 Å². The molecule has 110 valence electrons. The number of nitrogens with one attached hydrogen (secondary N) is 1. The highest BCUT2D eigenvalue weighted by Gasteiger charge is 2.21. The van der Waals surface area contributed by atoms with Crippen molar-refractivity contribution in [3.8, 4) is 0 Å². The van der Waals surface area contributed by atoms with E-state index in [2.05, 4.69) is 18.6 Å². The summed E-state index contributed by atoms with van der Waals surface area (Å²) in [5, 5.41) is 4.22. The van der Waals surface area contributed by atoms with E-state index in [1.807, 2.05) is 6.92 Å². The predicted molar refractivity (Wildman–Crippen MR) is 80.9 cm³/mol. The van der Waals surface area contributed by atoms with Crippen molar-refractivity contribution in [2.75, 3.05) is 4.72 Å². The number of aromatic nitrogens is 4. The fourth-order valence-electron chi connectivity index (χ4n) is 1.98. The summed E-state index contributed by atoms with van der Waals surface area (Å²) in [6, 6.07) is 4.91. The lowest BCUT2D eigenvalue weighted by atomic mass is 10.3. The van der Waals surface area contributed by atoms with E-state index >= 15 is 0 Å². The van der Waals surface area contributed by atoms with Gasteiger partial charge in [-0.15, -0.1) is 0 Å². The van der Waals surface area contributed by atoms with Crippen molar-refractivity contribution < 1.29 is 8.42 Å². The molecule has 0 fully saturated rings. The lowest BCUT2D eigenvalue weighted by Gasteiger charge is -2.06. The third kappa shape index (κ3) is 2.49. The molecule has 0 amide bonds. The number of hydrogen-bond donors (Lipinski definition) is 1. The smallest absolute Gasteiger partial charge is 0.264 e. The van der Waals surface area contributed by atoms with E-state index in [0.717, 1.165) is 11.7 Å². The van der Waals surface area contributed by atoms with Crippen LogP contribution in [0.15, 0.2) is 29.3 Å². The monoisotopic (exact) mass is 323 g/mol. The minimum Gasteiger partial charge on any atom is -0.276 e. The van der Waals surface area contributed by atoms with Crippen LogP contribution in [0.25, 0.3) is 11.0 Å². The first kappa shape index (κ1) is 14.0. The topological polar surface area (TPSA) is 89.8 Å². The molecule has 0 unspecified atom stereocenters. The maximum atomic E-state index is 12.6. The minimum atomic E-state index is -3.73. The number of nitrogens with zero attached hydrogens (tertiary/aromatic N) is 4. The molecule has 3 rings (SSSR count). The van der Waals surface area contributed by atoms with Gasteiger partial charge in [0.1, 0.15) is 15.9 Å². The quantitative estimate of drug-likeness (QED) is 0.793. The second-order valence-electron chi connectivity index (χ2n) is 4.48. The third-order valence-corrected chi connectivity index (χ3v) is 4.99. The molecule has 0 bridgehead atoms. The molecule has 0 aliphatic carbocycles. The zero-order valence-corrected chi connectivity index (χ0v) is 13.1. The summed E-state index contributed by atoms with van der Waals surface area (Å²) in [5.74, 6) is 0. The van der Waals surface area contributed by atoms with Gasteiger partial charge in [-0.25, -0.2) is 8.42 Å². The lowest BCUT2D eigenvalue weighted by molar-refractivity contribution is 0.602. The number of aryl methyl sites for hydroxylation is 2. The summed E-state index contributed by atoms with van der Waals surface area (Å²) < 4.78 is 37.5. The number of benzene rings is 1. The Morgan fingerprint density at radius 2 is 2.14 bits per heavy atom. The van der Waals surface area contributed by atoms with Crippen molar-refractivity contribution >= 4 is 38.5 Å². The van der Waals surface area contributed by atoms with Gasteiger partial charge in [0.2, 0.25) is 0 Å². The van der Waals surface area contributed by atoms with E-state index in [1.165, 1.54) is 6.07 Å². The summed E-state index contributed by atoms with van der Waals surface area (Å²) in [6.07, 6.45) is 1.67. The van der Waals surface area contributed by atoms with Crippen LogP contribution in [0, 0.1) is 6.92 Å². The molecular formula is C12H13N5O2S2. The highest BCUT2D eigenvalue weighted by molar-refractivity contribution is 7.93.